The van der Waals surface area contributed by atoms with Crippen LogP contribution >= 0.6 is 0 Å². The van der Waals surface area contributed by atoms with Crippen molar-refractivity contribution < 1.29 is 17.6 Å². The van der Waals surface area contributed by atoms with Gasteiger partial charge in [0.2, 0.25) is 5.95 Å². The van der Waals surface area contributed by atoms with E-state index in [1.807, 2.05) is 18.5 Å². The predicted octanol–water partition coefficient (Wildman–Crippen LogP) is 5.16. The lowest BCUT2D eigenvalue weighted by Crippen LogP contribution is -2.55. The van der Waals surface area contributed by atoms with Crippen LogP contribution in [0.25, 0.3) is 27.8 Å². The Morgan fingerprint density at radius 1 is 0.905 bits per heavy atom. The number of piperidine rings is 1. The number of fused-ring (bicyclic) bond motifs is 3. The third-order valence-electron chi connectivity index (χ3n) is 9.06. The fraction of sp³-hybridized carbons (Fsp3) is 0.500. The summed E-state index contributed by atoms with van der Waals surface area (Å²) >= 11 is 0. The number of anilines is 2. The van der Waals surface area contributed by atoms with Crippen LogP contribution < -0.4 is 9.80 Å². The largest absolute Gasteiger partial charge is 0.418 e. The molecule has 42 heavy (non-hydrogen) atoms. The molecule has 2 aromatic carbocycles. The van der Waals surface area contributed by atoms with Gasteiger partial charge in [0.15, 0.2) is 5.65 Å². The maximum absolute atomic E-state index is 15.7. The van der Waals surface area contributed by atoms with Crippen LogP contribution in [0.1, 0.15) is 32.3 Å². The van der Waals surface area contributed by atoms with Crippen LogP contribution in [0.3, 0.4) is 0 Å². The molecule has 2 aliphatic heterocycles. The van der Waals surface area contributed by atoms with E-state index in [9.17, 15) is 13.2 Å². The molecule has 0 spiro atoms. The van der Waals surface area contributed by atoms with E-state index in [1.165, 1.54) is 11.0 Å². The van der Waals surface area contributed by atoms with E-state index in [0.717, 1.165) is 19.2 Å². The Balaban J connectivity index is 1.43. The highest BCUT2D eigenvalue weighted by atomic mass is 19.4. The van der Waals surface area contributed by atoms with Crippen molar-refractivity contribution in [2.75, 3.05) is 57.1 Å². The smallest absolute Gasteiger partial charge is 0.369 e. The first-order chi connectivity index (χ1) is 19.9. The number of rotatable bonds is 4. The number of nitrogens with zero attached hydrogens (tertiary/aromatic N) is 8. The summed E-state index contributed by atoms with van der Waals surface area (Å²) in [6, 6.07) is 8.32. The maximum Gasteiger partial charge on any atom is 0.418 e. The van der Waals surface area contributed by atoms with E-state index in [0.29, 0.717) is 66.2 Å². The van der Waals surface area contributed by atoms with E-state index in [1.54, 1.807) is 24.4 Å². The highest BCUT2D eigenvalue weighted by molar-refractivity contribution is 5.85. The average Bonchev–Trinajstić information content (AvgIpc) is 3.39. The molecule has 2 aliphatic rings. The van der Waals surface area contributed by atoms with Gasteiger partial charge in [-0.1, -0.05) is 6.07 Å². The molecule has 0 radical (unpaired) electrons. The van der Waals surface area contributed by atoms with Crippen LogP contribution in [0.4, 0.5) is 29.2 Å². The Morgan fingerprint density at radius 3 is 2.24 bits per heavy atom. The minimum atomic E-state index is -4.72. The topological polar surface area (TPSA) is 56.0 Å². The van der Waals surface area contributed by atoms with Gasteiger partial charge in [-0.25, -0.2) is 4.39 Å². The lowest BCUT2D eigenvalue weighted by Gasteiger charge is -2.42. The normalized spacial score (nSPS) is 21.3. The molecule has 0 saturated carbocycles. The third kappa shape index (κ3) is 5.04. The van der Waals surface area contributed by atoms with Crippen LogP contribution in [-0.2, 0) is 6.18 Å². The van der Waals surface area contributed by atoms with Crippen molar-refractivity contribution in [3.05, 3.63) is 47.9 Å². The molecule has 2 saturated heterocycles. The highest BCUT2D eigenvalue weighted by Crippen LogP contribution is 2.42. The second kappa shape index (κ2) is 10.6. The van der Waals surface area contributed by atoms with Crippen LogP contribution in [0.2, 0.25) is 0 Å². The standard InChI is InChI=1S/C30H36F4N8/c1-18-16-41(17-19(2)39(18)5)29-37-36-27-15-35-25-7-6-20(14-26(25)42(27)29)21-12-23(30(32,33)34)28(24(31)13-21)40-10-8-22(9-11-40)38(3)4/h6-7,12-15,18-19,22H,8-11,16-17H2,1-5H3/t18-,19?/m0/s1. The van der Waals surface area contributed by atoms with Crippen LogP contribution in [0.5, 0.6) is 0 Å². The summed E-state index contributed by atoms with van der Waals surface area (Å²) in [6.45, 7) is 6.54. The number of piperazine rings is 1. The van der Waals surface area contributed by atoms with E-state index in [4.69, 9.17) is 0 Å². The molecular formula is C30H36F4N8. The quantitative estimate of drug-likeness (QED) is 0.307. The monoisotopic (exact) mass is 584 g/mol. The summed E-state index contributed by atoms with van der Waals surface area (Å²) in [6.07, 6.45) is -1.74. The van der Waals surface area contributed by atoms with E-state index >= 15 is 4.39 Å². The number of hydrogen-bond acceptors (Lipinski definition) is 7. The molecule has 2 fully saturated rings. The van der Waals surface area contributed by atoms with Gasteiger partial charge in [-0.05, 0) is 83.2 Å². The number of halogens is 4. The molecular weight excluding hydrogens is 548 g/mol. The molecule has 8 nitrogen and oxygen atoms in total. The lowest BCUT2D eigenvalue weighted by molar-refractivity contribution is -0.137. The van der Waals surface area contributed by atoms with E-state index in [-0.39, 0.29) is 17.3 Å². The average molecular weight is 585 g/mol. The second-order valence-electron chi connectivity index (χ2n) is 12.0. The highest BCUT2D eigenvalue weighted by Gasteiger charge is 2.38. The van der Waals surface area contributed by atoms with Crippen molar-refractivity contribution in [1.82, 2.24) is 29.4 Å². The third-order valence-corrected chi connectivity index (χ3v) is 9.06. The molecule has 2 atom stereocenters. The molecule has 6 rings (SSSR count). The minimum absolute atomic E-state index is 0.155. The van der Waals surface area contributed by atoms with Crippen molar-refractivity contribution in [2.24, 2.45) is 0 Å². The molecule has 0 N–H and O–H groups in total. The van der Waals surface area contributed by atoms with Gasteiger partial charge >= 0.3 is 6.18 Å². The number of hydrogen-bond donors (Lipinski definition) is 0. The maximum atomic E-state index is 15.7. The van der Waals surface area contributed by atoms with Crippen molar-refractivity contribution in [2.45, 2.75) is 51.0 Å². The molecule has 12 heteroatoms. The zero-order chi connectivity index (χ0) is 29.9. The summed E-state index contributed by atoms with van der Waals surface area (Å²) in [5.74, 6) is -0.218. The molecule has 4 heterocycles. The summed E-state index contributed by atoms with van der Waals surface area (Å²) in [7, 11) is 6.02. The SMILES string of the molecule is CC1CN(c2nnc3cnc4ccc(-c5cc(F)c(N6CCC(N(C)C)CC6)c(C(F)(F)F)c5)cc4n23)C[C@H](C)N1C. The van der Waals surface area contributed by atoms with Gasteiger partial charge in [-0.2, -0.15) is 13.2 Å². The van der Waals surface area contributed by atoms with Crippen molar-refractivity contribution >= 4 is 28.3 Å². The second-order valence-corrected chi connectivity index (χ2v) is 12.0. The molecule has 0 amide bonds. The molecule has 1 unspecified atom stereocenters. The molecule has 4 aromatic rings. The summed E-state index contributed by atoms with van der Waals surface area (Å²) in [5.41, 5.74) is 1.11. The van der Waals surface area contributed by atoms with Crippen molar-refractivity contribution in [1.29, 1.82) is 0 Å². The van der Waals surface area contributed by atoms with Crippen molar-refractivity contribution in [3.63, 3.8) is 0 Å². The first-order valence-electron chi connectivity index (χ1n) is 14.4. The van der Waals surface area contributed by atoms with Gasteiger partial charge < -0.3 is 14.7 Å². The van der Waals surface area contributed by atoms with Crippen molar-refractivity contribution in [3.8, 4) is 11.1 Å². The van der Waals surface area contributed by atoms with Gasteiger partial charge in [-0.3, -0.25) is 14.3 Å². The Bertz CT molecular complexity index is 1600. The molecule has 0 aliphatic carbocycles. The van der Waals surface area contributed by atoms with Gasteiger partial charge in [0.25, 0.3) is 0 Å². The van der Waals surface area contributed by atoms with Gasteiger partial charge in [0, 0.05) is 44.3 Å². The Morgan fingerprint density at radius 2 is 1.60 bits per heavy atom. The summed E-state index contributed by atoms with van der Waals surface area (Å²) < 4.78 is 60.8. The number of alkyl halides is 3. The lowest BCUT2D eigenvalue weighted by atomic mass is 9.97. The van der Waals surface area contributed by atoms with Crippen LogP contribution in [-0.4, -0.2) is 94.8 Å². The summed E-state index contributed by atoms with van der Waals surface area (Å²) in [4.78, 5) is 12.6. The van der Waals surface area contributed by atoms with Crippen LogP contribution in [0.15, 0.2) is 36.5 Å². The van der Waals surface area contributed by atoms with Gasteiger partial charge in [-0.15, -0.1) is 10.2 Å². The predicted molar refractivity (Wildman–Crippen MR) is 157 cm³/mol. The number of benzene rings is 2. The van der Waals surface area contributed by atoms with Gasteiger partial charge in [0.1, 0.15) is 5.82 Å². The zero-order valence-corrected chi connectivity index (χ0v) is 24.5. The number of aromatic nitrogens is 4. The number of likely N-dealkylation sites (N-methyl/N-ethyl adjacent to an activating group) is 1. The minimum Gasteiger partial charge on any atom is -0.369 e. The van der Waals surface area contributed by atoms with Crippen LogP contribution in [0, 0.1) is 5.82 Å². The fourth-order valence-corrected chi connectivity index (χ4v) is 6.40. The van der Waals surface area contributed by atoms with E-state index in [2.05, 4.69) is 50.8 Å². The zero-order valence-electron chi connectivity index (χ0n) is 24.5. The molecule has 224 valence electrons. The summed E-state index contributed by atoms with van der Waals surface area (Å²) in [5, 5.41) is 8.80. The first-order valence-corrected chi connectivity index (χ1v) is 14.4. The Labute approximate surface area is 242 Å². The Hall–Kier alpha value is -3.51. The van der Waals surface area contributed by atoms with Gasteiger partial charge in [0.05, 0.1) is 28.5 Å². The van der Waals surface area contributed by atoms with E-state index < -0.39 is 17.6 Å². The first kappa shape index (κ1) is 28.6. The molecule has 2 aromatic heterocycles. The fourth-order valence-electron chi connectivity index (χ4n) is 6.40. The Kier molecular flexibility index (Phi) is 7.25. The molecule has 0 bridgehead atoms.